The number of Topliss-reactive ketones (excluding diaryl/α,β-unsaturated/α-hetero) is 2. The Balaban J connectivity index is 2.79. The van der Waals surface area contributed by atoms with E-state index < -0.39 is 11.7 Å². The Kier molecular flexibility index (Phi) is 10.9. The highest BCUT2D eigenvalue weighted by Gasteiger charge is 2.54. The molecule has 4 heteroatoms. The van der Waals surface area contributed by atoms with Gasteiger partial charge in [0.15, 0.2) is 5.78 Å². The van der Waals surface area contributed by atoms with E-state index in [1.807, 2.05) is 6.92 Å². The average molecular weight is 393 g/mol. The van der Waals surface area contributed by atoms with Crippen molar-refractivity contribution < 1.29 is 19.1 Å². The topological polar surface area (TPSA) is 52.6 Å². The number of carbonyl (C=O) groups is 2. The van der Waals surface area contributed by atoms with Gasteiger partial charge in [-0.1, -0.05) is 57.4 Å². The third kappa shape index (κ3) is 6.12. The molecule has 0 fully saturated rings. The van der Waals surface area contributed by atoms with Gasteiger partial charge in [-0.3, -0.25) is 9.59 Å². The van der Waals surface area contributed by atoms with Gasteiger partial charge < -0.3 is 9.47 Å². The highest BCUT2D eigenvalue weighted by molar-refractivity contribution is 6.16. The van der Waals surface area contributed by atoms with E-state index in [9.17, 15) is 9.59 Å². The normalized spacial score (nSPS) is 19.4. The van der Waals surface area contributed by atoms with Gasteiger partial charge in [-0.2, -0.15) is 0 Å². The zero-order valence-electron chi connectivity index (χ0n) is 18.7. The molecular weight excluding hydrogens is 352 g/mol. The summed E-state index contributed by atoms with van der Waals surface area (Å²) in [6.45, 7) is 9.82. The van der Waals surface area contributed by atoms with E-state index in [1.54, 1.807) is 6.92 Å². The molecule has 28 heavy (non-hydrogen) atoms. The first kappa shape index (κ1) is 24.8. The lowest BCUT2D eigenvalue weighted by Gasteiger charge is -2.40. The Hall–Kier alpha value is -1.26. The van der Waals surface area contributed by atoms with Crippen LogP contribution in [-0.4, -0.2) is 31.6 Å². The van der Waals surface area contributed by atoms with Gasteiger partial charge >= 0.3 is 0 Å². The van der Waals surface area contributed by atoms with Gasteiger partial charge in [0, 0.05) is 25.4 Å². The van der Waals surface area contributed by atoms with Crippen molar-refractivity contribution in [3.8, 4) is 0 Å². The second kappa shape index (κ2) is 12.3. The number of carbonyl (C=O) groups excluding carboxylic acids is 2. The summed E-state index contributed by atoms with van der Waals surface area (Å²) >= 11 is 0. The molecule has 0 aromatic rings. The van der Waals surface area contributed by atoms with E-state index >= 15 is 0 Å². The SMILES string of the molecule is C=C(C)CCC1C(=O)C(CCCCCCCCCC)=C(C)C(=O)C1(OC)OC. The van der Waals surface area contributed by atoms with Gasteiger partial charge in [0.2, 0.25) is 11.6 Å². The minimum Gasteiger partial charge on any atom is -0.346 e. The van der Waals surface area contributed by atoms with Crippen LogP contribution in [0.25, 0.3) is 0 Å². The van der Waals surface area contributed by atoms with Crippen molar-refractivity contribution in [1.29, 1.82) is 0 Å². The summed E-state index contributed by atoms with van der Waals surface area (Å²) in [6, 6.07) is 0. The van der Waals surface area contributed by atoms with Crippen molar-refractivity contribution in [2.75, 3.05) is 14.2 Å². The third-order valence-electron chi connectivity index (χ3n) is 5.93. The van der Waals surface area contributed by atoms with E-state index in [0.717, 1.165) is 18.4 Å². The number of hydrogen-bond acceptors (Lipinski definition) is 4. The molecule has 1 atom stereocenters. The third-order valence-corrected chi connectivity index (χ3v) is 5.93. The minimum atomic E-state index is -1.50. The molecule has 1 aliphatic carbocycles. The van der Waals surface area contributed by atoms with Crippen LogP contribution in [-0.2, 0) is 19.1 Å². The van der Waals surface area contributed by atoms with Crippen LogP contribution < -0.4 is 0 Å². The van der Waals surface area contributed by atoms with Crippen LogP contribution in [0.1, 0.15) is 91.4 Å². The zero-order valence-corrected chi connectivity index (χ0v) is 18.7. The summed E-state index contributed by atoms with van der Waals surface area (Å²) in [4.78, 5) is 26.3. The first-order valence-corrected chi connectivity index (χ1v) is 10.9. The van der Waals surface area contributed by atoms with Crippen molar-refractivity contribution in [2.45, 2.75) is 97.2 Å². The molecule has 0 radical (unpaired) electrons. The number of allylic oxidation sites excluding steroid dienone is 2. The summed E-state index contributed by atoms with van der Waals surface area (Å²) in [6.07, 6.45) is 11.5. The maximum atomic E-state index is 13.3. The van der Waals surface area contributed by atoms with Gasteiger partial charge in [0.1, 0.15) is 0 Å². The molecule has 1 unspecified atom stereocenters. The van der Waals surface area contributed by atoms with Crippen molar-refractivity contribution in [2.24, 2.45) is 5.92 Å². The van der Waals surface area contributed by atoms with E-state index in [4.69, 9.17) is 9.47 Å². The second-order valence-corrected chi connectivity index (χ2v) is 8.15. The second-order valence-electron chi connectivity index (χ2n) is 8.15. The van der Waals surface area contributed by atoms with E-state index in [2.05, 4.69) is 13.5 Å². The Morgan fingerprint density at radius 3 is 2.04 bits per heavy atom. The molecule has 0 saturated heterocycles. The number of unbranched alkanes of at least 4 members (excludes halogenated alkanes) is 7. The molecule has 0 N–H and O–H groups in total. The summed E-state index contributed by atoms with van der Waals surface area (Å²) in [5, 5.41) is 0. The fraction of sp³-hybridized carbons (Fsp3) is 0.750. The lowest BCUT2D eigenvalue weighted by molar-refractivity contribution is -0.227. The van der Waals surface area contributed by atoms with Crippen molar-refractivity contribution >= 4 is 11.6 Å². The van der Waals surface area contributed by atoms with Crippen LogP contribution >= 0.6 is 0 Å². The fourth-order valence-electron chi connectivity index (χ4n) is 4.14. The van der Waals surface area contributed by atoms with Gasteiger partial charge in [-0.05, 0) is 39.5 Å². The van der Waals surface area contributed by atoms with Crippen molar-refractivity contribution in [1.82, 2.24) is 0 Å². The summed E-state index contributed by atoms with van der Waals surface area (Å²) in [5.41, 5.74) is 2.16. The maximum Gasteiger partial charge on any atom is 0.243 e. The first-order valence-electron chi connectivity index (χ1n) is 10.9. The van der Waals surface area contributed by atoms with Crippen LogP contribution in [0, 0.1) is 5.92 Å². The average Bonchev–Trinajstić information content (AvgIpc) is 2.68. The molecule has 0 aliphatic heterocycles. The highest BCUT2D eigenvalue weighted by atomic mass is 16.7. The van der Waals surface area contributed by atoms with Gasteiger partial charge in [-0.15, -0.1) is 6.58 Å². The summed E-state index contributed by atoms with van der Waals surface area (Å²) in [5.74, 6) is -2.32. The standard InChI is InChI=1S/C24H40O4/c1-7-8-9-10-11-12-13-14-15-20-19(4)23(26)24(27-5,28-6)21(22(20)25)17-16-18(2)3/h21H,2,7-17H2,1,3-6H3. The van der Waals surface area contributed by atoms with E-state index in [0.29, 0.717) is 30.4 Å². The Morgan fingerprint density at radius 2 is 1.54 bits per heavy atom. The molecule has 160 valence electrons. The predicted octanol–water partition coefficient (Wildman–Crippen LogP) is 5.95. The number of rotatable bonds is 14. The predicted molar refractivity (Wildman–Crippen MR) is 114 cm³/mol. The van der Waals surface area contributed by atoms with Gasteiger partial charge in [0.25, 0.3) is 0 Å². The molecule has 0 amide bonds. The molecule has 0 saturated carbocycles. The molecule has 1 aliphatic rings. The van der Waals surface area contributed by atoms with Crippen molar-refractivity contribution in [3.63, 3.8) is 0 Å². The van der Waals surface area contributed by atoms with Crippen LogP contribution in [0.4, 0.5) is 0 Å². The number of hydrogen-bond donors (Lipinski definition) is 0. The van der Waals surface area contributed by atoms with Gasteiger partial charge in [-0.25, -0.2) is 0 Å². The van der Waals surface area contributed by atoms with Crippen LogP contribution in [0.15, 0.2) is 23.3 Å². The van der Waals surface area contributed by atoms with Crippen molar-refractivity contribution in [3.05, 3.63) is 23.3 Å². The Bertz CT molecular complexity index is 569. The molecule has 0 aromatic carbocycles. The number of methoxy groups -OCH3 is 2. The molecule has 1 rings (SSSR count). The highest BCUT2D eigenvalue weighted by Crippen LogP contribution is 2.40. The quantitative estimate of drug-likeness (QED) is 0.208. The van der Waals surface area contributed by atoms with E-state index in [1.165, 1.54) is 52.7 Å². The van der Waals surface area contributed by atoms with Gasteiger partial charge in [0.05, 0.1) is 5.92 Å². The van der Waals surface area contributed by atoms with Crippen LogP contribution in [0.2, 0.25) is 0 Å². The molecular formula is C24H40O4. The largest absolute Gasteiger partial charge is 0.346 e. The van der Waals surface area contributed by atoms with Crippen LogP contribution in [0.3, 0.4) is 0 Å². The molecule has 4 nitrogen and oxygen atoms in total. The molecule has 0 bridgehead atoms. The number of ketones is 2. The molecule has 0 spiro atoms. The minimum absolute atomic E-state index is 0.00463. The molecule has 0 aromatic heterocycles. The summed E-state index contributed by atoms with van der Waals surface area (Å²) in [7, 11) is 2.89. The van der Waals surface area contributed by atoms with Crippen LogP contribution in [0.5, 0.6) is 0 Å². The maximum absolute atomic E-state index is 13.3. The first-order chi connectivity index (χ1) is 13.4. The fourth-order valence-corrected chi connectivity index (χ4v) is 4.14. The monoisotopic (exact) mass is 392 g/mol. The zero-order chi connectivity index (χ0) is 21.2. The Morgan fingerprint density at radius 1 is 1.00 bits per heavy atom. The summed E-state index contributed by atoms with van der Waals surface area (Å²) < 4.78 is 11.0. The van der Waals surface area contributed by atoms with E-state index in [-0.39, 0.29) is 11.6 Å². The molecule has 0 heterocycles. The lowest BCUT2D eigenvalue weighted by atomic mass is 9.73. The Labute approximate surface area is 171 Å². The lowest BCUT2D eigenvalue weighted by Crippen LogP contribution is -2.56. The smallest absolute Gasteiger partial charge is 0.243 e. The number of ether oxygens (including phenoxy) is 2.